The lowest BCUT2D eigenvalue weighted by Crippen LogP contribution is -2.11. The monoisotopic (exact) mass is 373 g/mol. The number of imidazole rings is 1. The maximum Gasteiger partial charge on any atom is 0.416 e. The van der Waals surface area contributed by atoms with E-state index in [1.807, 2.05) is 4.57 Å². The Morgan fingerprint density at radius 1 is 1.11 bits per heavy atom. The minimum atomic E-state index is -4.42. The van der Waals surface area contributed by atoms with Gasteiger partial charge in [-0.3, -0.25) is 4.79 Å². The molecule has 4 rings (SSSR count). The summed E-state index contributed by atoms with van der Waals surface area (Å²) in [4.78, 5) is 16.1. The summed E-state index contributed by atoms with van der Waals surface area (Å²) in [7, 11) is 0. The molecule has 140 valence electrons. The second-order valence-corrected chi connectivity index (χ2v) is 6.89. The fraction of sp³-hybridized carbons (Fsp3) is 0.300. The Kier molecular flexibility index (Phi) is 4.17. The molecule has 27 heavy (non-hydrogen) atoms. The molecular formula is C20H18F3N3O. The summed E-state index contributed by atoms with van der Waals surface area (Å²) in [6.45, 7) is 0. The highest BCUT2D eigenvalue weighted by Gasteiger charge is 2.31. The van der Waals surface area contributed by atoms with Gasteiger partial charge in [0.05, 0.1) is 16.6 Å². The molecule has 0 radical (unpaired) electrons. The molecule has 1 amide bonds. The number of primary amides is 1. The first-order chi connectivity index (χ1) is 12.8. The number of benzene rings is 2. The van der Waals surface area contributed by atoms with Gasteiger partial charge in [-0.25, -0.2) is 4.98 Å². The fourth-order valence-corrected chi connectivity index (χ4v) is 3.82. The average Bonchev–Trinajstić information content (AvgIpc) is 3.27. The molecule has 0 spiro atoms. The van der Waals surface area contributed by atoms with E-state index in [0.717, 1.165) is 43.3 Å². The third kappa shape index (κ3) is 3.18. The van der Waals surface area contributed by atoms with Crippen molar-refractivity contribution in [1.29, 1.82) is 0 Å². The van der Waals surface area contributed by atoms with E-state index in [9.17, 15) is 18.0 Å². The largest absolute Gasteiger partial charge is 0.416 e. The number of rotatable bonds is 3. The molecule has 0 bridgehead atoms. The first-order valence-corrected chi connectivity index (χ1v) is 8.84. The Morgan fingerprint density at radius 3 is 2.52 bits per heavy atom. The standard InChI is InChI=1S/C20H18F3N3O/c21-20(22,23)14-5-3-4-13(10-14)19-25-16-11-12(18(24)27)8-9-17(16)26(19)15-6-1-2-7-15/h3-5,8-11,15H,1-2,6-7H2,(H2,24,27). The van der Waals surface area contributed by atoms with Gasteiger partial charge in [-0.05, 0) is 43.2 Å². The van der Waals surface area contributed by atoms with Crippen LogP contribution in [0, 0.1) is 0 Å². The predicted octanol–water partition coefficient (Wildman–Crippen LogP) is 4.94. The van der Waals surface area contributed by atoms with Crippen LogP contribution >= 0.6 is 0 Å². The number of amides is 1. The minimum Gasteiger partial charge on any atom is -0.366 e. The Labute approximate surface area is 153 Å². The highest BCUT2D eigenvalue weighted by atomic mass is 19.4. The zero-order chi connectivity index (χ0) is 19.2. The topological polar surface area (TPSA) is 60.9 Å². The molecule has 1 heterocycles. The van der Waals surface area contributed by atoms with Gasteiger partial charge in [0.2, 0.25) is 5.91 Å². The van der Waals surface area contributed by atoms with Gasteiger partial charge in [-0.2, -0.15) is 13.2 Å². The van der Waals surface area contributed by atoms with Crippen LogP contribution in [0.1, 0.15) is 47.6 Å². The number of fused-ring (bicyclic) bond motifs is 1. The molecule has 0 unspecified atom stereocenters. The molecule has 1 aliphatic rings. The molecule has 0 saturated heterocycles. The first kappa shape index (κ1) is 17.6. The van der Waals surface area contributed by atoms with Crippen LogP contribution < -0.4 is 5.73 Å². The van der Waals surface area contributed by atoms with Crippen LogP contribution in [0.5, 0.6) is 0 Å². The molecule has 2 N–H and O–H groups in total. The van der Waals surface area contributed by atoms with Crippen LogP contribution in [-0.2, 0) is 6.18 Å². The summed E-state index contributed by atoms with van der Waals surface area (Å²) in [5.74, 6) is -0.0717. The number of aromatic nitrogens is 2. The van der Waals surface area contributed by atoms with Crippen molar-refractivity contribution in [1.82, 2.24) is 9.55 Å². The molecular weight excluding hydrogens is 355 g/mol. The zero-order valence-corrected chi connectivity index (χ0v) is 14.5. The number of carbonyl (C=O) groups excluding carboxylic acids is 1. The van der Waals surface area contributed by atoms with Crippen molar-refractivity contribution in [2.24, 2.45) is 5.73 Å². The van der Waals surface area contributed by atoms with Crippen LogP contribution in [0.3, 0.4) is 0 Å². The number of hydrogen-bond donors (Lipinski definition) is 1. The second kappa shape index (κ2) is 6.40. The van der Waals surface area contributed by atoms with Gasteiger partial charge in [0.15, 0.2) is 0 Å². The predicted molar refractivity (Wildman–Crippen MR) is 96.2 cm³/mol. The second-order valence-electron chi connectivity index (χ2n) is 6.89. The normalized spacial score (nSPS) is 15.5. The lowest BCUT2D eigenvalue weighted by Gasteiger charge is -2.17. The summed E-state index contributed by atoms with van der Waals surface area (Å²) in [6.07, 6.45) is -0.360. The fourth-order valence-electron chi connectivity index (χ4n) is 3.82. The molecule has 1 aliphatic carbocycles. The third-order valence-electron chi connectivity index (χ3n) is 5.11. The molecule has 1 fully saturated rings. The highest BCUT2D eigenvalue weighted by molar-refractivity contribution is 5.96. The van der Waals surface area contributed by atoms with Gasteiger partial charge in [0, 0.05) is 17.2 Å². The van der Waals surface area contributed by atoms with Gasteiger partial charge >= 0.3 is 6.18 Å². The van der Waals surface area contributed by atoms with Gasteiger partial charge in [0.1, 0.15) is 5.82 Å². The molecule has 7 heteroatoms. The van der Waals surface area contributed by atoms with E-state index in [4.69, 9.17) is 5.73 Å². The molecule has 2 aromatic carbocycles. The summed E-state index contributed by atoms with van der Waals surface area (Å²) in [5, 5.41) is 0. The summed E-state index contributed by atoms with van der Waals surface area (Å²) < 4.78 is 41.5. The Hall–Kier alpha value is -2.83. The number of carbonyl (C=O) groups is 1. The molecule has 4 nitrogen and oxygen atoms in total. The quantitative estimate of drug-likeness (QED) is 0.707. The van der Waals surface area contributed by atoms with E-state index in [0.29, 0.717) is 22.5 Å². The van der Waals surface area contributed by atoms with Gasteiger partial charge in [-0.1, -0.05) is 25.0 Å². The van der Waals surface area contributed by atoms with Crippen molar-refractivity contribution in [3.8, 4) is 11.4 Å². The van der Waals surface area contributed by atoms with E-state index >= 15 is 0 Å². The summed E-state index contributed by atoms with van der Waals surface area (Å²) in [5.41, 5.74) is 6.75. The number of hydrogen-bond acceptors (Lipinski definition) is 2. The van der Waals surface area contributed by atoms with Gasteiger partial charge in [-0.15, -0.1) is 0 Å². The van der Waals surface area contributed by atoms with E-state index in [2.05, 4.69) is 4.98 Å². The van der Waals surface area contributed by atoms with Crippen molar-refractivity contribution in [3.63, 3.8) is 0 Å². The Balaban J connectivity index is 1.93. The van der Waals surface area contributed by atoms with Crippen molar-refractivity contribution in [2.45, 2.75) is 37.9 Å². The molecule has 0 atom stereocenters. The number of halogens is 3. The minimum absolute atomic E-state index is 0.180. The van der Waals surface area contributed by atoms with Crippen LogP contribution in [0.4, 0.5) is 13.2 Å². The van der Waals surface area contributed by atoms with E-state index in [1.54, 1.807) is 24.3 Å². The van der Waals surface area contributed by atoms with Crippen LogP contribution in [0.2, 0.25) is 0 Å². The van der Waals surface area contributed by atoms with E-state index < -0.39 is 17.6 Å². The molecule has 1 saturated carbocycles. The first-order valence-electron chi connectivity index (χ1n) is 8.84. The summed E-state index contributed by atoms with van der Waals surface area (Å²) >= 11 is 0. The molecule has 0 aliphatic heterocycles. The lowest BCUT2D eigenvalue weighted by atomic mass is 10.1. The lowest BCUT2D eigenvalue weighted by molar-refractivity contribution is -0.137. The number of alkyl halides is 3. The van der Waals surface area contributed by atoms with E-state index in [-0.39, 0.29) is 6.04 Å². The Morgan fingerprint density at radius 2 is 1.85 bits per heavy atom. The van der Waals surface area contributed by atoms with Crippen molar-refractivity contribution >= 4 is 16.9 Å². The maximum absolute atomic E-state index is 13.2. The molecule has 1 aromatic heterocycles. The van der Waals surface area contributed by atoms with Crippen molar-refractivity contribution in [2.75, 3.05) is 0 Å². The highest BCUT2D eigenvalue weighted by Crippen LogP contribution is 2.38. The third-order valence-corrected chi connectivity index (χ3v) is 5.11. The SMILES string of the molecule is NC(=O)c1ccc2c(c1)nc(-c1cccc(C(F)(F)F)c1)n2C1CCCC1. The molecule has 3 aromatic rings. The zero-order valence-electron chi connectivity index (χ0n) is 14.5. The van der Waals surface area contributed by atoms with Crippen LogP contribution in [0.15, 0.2) is 42.5 Å². The van der Waals surface area contributed by atoms with Gasteiger partial charge in [0.25, 0.3) is 0 Å². The number of nitrogens with zero attached hydrogens (tertiary/aromatic N) is 2. The smallest absolute Gasteiger partial charge is 0.366 e. The van der Waals surface area contributed by atoms with E-state index in [1.165, 1.54) is 6.07 Å². The average molecular weight is 373 g/mol. The Bertz CT molecular complexity index is 1020. The number of nitrogens with two attached hydrogens (primary N) is 1. The van der Waals surface area contributed by atoms with Crippen LogP contribution in [-0.4, -0.2) is 15.5 Å². The van der Waals surface area contributed by atoms with Crippen LogP contribution in [0.25, 0.3) is 22.4 Å². The summed E-state index contributed by atoms with van der Waals surface area (Å²) in [6, 6.07) is 10.4. The maximum atomic E-state index is 13.2. The van der Waals surface area contributed by atoms with Gasteiger partial charge < -0.3 is 10.3 Å². The van der Waals surface area contributed by atoms with Crippen molar-refractivity contribution in [3.05, 3.63) is 53.6 Å². The van der Waals surface area contributed by atoms with Crippen molar-refractivity contribution < 1.29 is 18.0 Å².